The molecule has 0 bridgehead atoms. The minimum absolute atomic E-state index is 0.178. The van der Waals surface area contributed by atoms with Crippen LogP contribution in [-0.2, 0) is 32.7 Å². The van der Waals surface area contributed by atoms with E-state index >= 15 is 0 Å². The average Bonchev–Trinajstić information content (AvgIpc) is 2.63. The third-order valence-electron chi connectivity index (χ3n) is 3.76. The molecule has 0 radical (unpaired) electrons. The zero-order valence-corrected chi connectivity index (χ0v) is 15.2. The monoisotopic (exact) mass is 377 g/mol. The van der Waals surface area contributed by atoms with E-state index in [-0.39, 0.29) is 25.3 Å². The van der Waals surface area contributed by atoms with Gasteiger partial charge in [0.25, 0.3) is 10.1 Å². The summed E-state index contributed by atoms with van der Waals surface area (Å²) in [7, 11) is -4.00. The smallest absolute Gasteiger partial charge is 0.323 e. The van der Waals surface area contributed by atoms with E-state index in [4.69, 9.17) is 9.29 Å². The van der Waals surface area contributed by atoms with Crippen LogP contribution in [0.3, 0.4) is 0 Å². The summed E-state index contributed by atoms with van der Waals surface area (Å²) in [4.78, 5) is 12.5. The first kappa shape index (κ1) is 20.1. The number of benzene rings is 2. The Kier molecular flexibility index (Phi) is 7.77. The van der Waals surface area contributed by atoms with Gasteiger partial charge in [0, 0.05) is 0 Å². The maximum Gasteiger partial charge on any atom is 0.323 e. The van der Waals surface area contributed by atoms with Crippen LogP contribution in [0.5, 0.6) is 0 Å². The minimum atomic E-state index is -4.00. The first-order chi connectivity index (χ1) is 12.4. The molecule has 0 aliphatic rings. The summed E-state index contributed by atoms with van der Waals surface area (Å²) in [5.74, 6) is -0.749. The highest BCUT2D eigenvalue weighted by molar-refractivity contribution is 7.85. The highest BCUT2D eigenvalue weighted by Gasteiger charge is 2.20. The van der Waals surface area contributed by atoms with Crippen molar-refractivity contribution in [3.8, 4) is 0 Å². The maximum atomic E-state index is 12.5. The van der Waals surface area contributed by atoms with Crippen molar-refractivity contribution in [3.05, 3.63) is 71.8 Å². The van der Waals surface area contributed by atoms with Crippen LogP contribution in [0.15, 0.2) is 60.7 Å². The van der Waals surface area contributed by atoms with Crippen molar-refractivity contribution in [2.75, 3.05) is 12.3 Å². The molecular weight excluding hydrogens is 354 g/mol. The van der Waals surface area contributed by atoms with Gasteiger partial charge in [0.15, 0.2) is 0 Å². The second kappa shape index (κ2) is 10.1. The minimum Gasteiger partial charge on any atom is -0.460 e. The fraction of sp³-hybridized carbons (Fsp3) is 0.316. The van der Waals surface area contributed by atoms with Crippen LogP contribution >= 0.6 is 0 Å². The van der Waals surface area contributed by atoms with Gasteiger partial charge in [-0.05, 0) is 30.5 Å². The Balaban J connectivity index is 1.93. The Labute approximate surface area is 153 Å². The molecule has 0 fully saturated rings. The molecule has 2 N–H and O–H groups in total. The lowest BCUT2D eigenvalue weighted by Crippen LogP contribution is -2.40. The molecule has 0 aliphatic heterocycles. The van der Waals surface area contributed by atoms with Gasteiger partial charge in [0.05, 0.1) is 5.75 Å². The van der Waals surface area contributed by atoms with E-state index in [0.717, 1.165) is 11.1 Å². The number of carbonyl (C=O) groups excluding carboxylic acids is 1. The molecule has 2 aromatic rings. The average molecular weight is 377 g/mol. The molecule has 0 saturated carbocycles. The van der Waals surface area contributed by atoms with E-state index in [2.05, 4.69) is 5.32 Å². The third-order valence-corrected chi connectivity index (χ3v) is 4.57. The maximum absolute atomic E-state index is 12.5. The molecule has 0 spiro atoms. The topological polar surface area (TPSA) is 92.7 Å². The number of nitrogens with one attached hydrogen (secondary N) is 1. The summed E-state index contributed by atoms with van der Waals surface area (Å²) in [6.45, 7) is 0.454. The van der Waals surface area contributed by atoms with E-state index in [1.165, 1.54) is 0 Å². The molecule has 6 nitrogen and oxygen atoms in total. The van der Waals surface area contributed by atoms with Crippen LogP contribution in [0.2, 0.25) is 0 Å². The lowest BCUT2D eigenvalue weighted by molar-refractivity contribution is -0.147. The van der Waals surface area contributed by atoms with E-state index in [1.54, 1.807) is 0 Å². The molecule has 0 aliphatic carbocycles. The highest BCUT2D eigenvalue weighted by atomic mass is 32.2. The summed E-state index contributed by atoms with van der Waals surface area (Å²) >= 11 is 0. The lowest BCUT2D eigenvalue weighted by Gasteiger charge is -2.18. The van der Waals surface area contributed by atoms with Crippen molar-refractivity contribution in [1.29, 1.82) is 0 Å². The summed E-state index contributed by atoms with van der Waals surface area (Å²) in [5, 5.41) is 3.03. The zero-order valence-electron chi connectivity index (χ0n) is 14.4. The zero-order chi connectivity index (χ0) is 18.8. The molecule has 0 amide bonds. The summed E-state index contributed by atoms with van der Waals surface area (Å²) in [5.41, 5.74) is 1.86. The van der Waals surface area contributed by atoms with Gasteiger partial charge in [0.1, 0.15) is 12.6 Å². The summed E-state index contributed by atoms with van der Waals surface area (Å²) in [6, 6.07) is 18.3. The molecular formula is C19H23NO5S. The van der Waals surface area contributed by atoms with E-state index in [9.17, 15) is 13.2 Å². The Morgan fingerprint density at radius 2 is 1.58 bits per heavy atom. The molecule has 0 saturated heterocycles. The quantitative estimate of drug-likeness (QED) is 0.375. The Morgan fingerprint density at radius 3 is 2.15 bits per heavy atom. The van der Waals surface area contributed by atoms with Crippen LogP contribution in [-0.4, -0.2) is 37.3 Å². The molecule has 0 unspecified atom stereocenters. The molecule has 26 heavy (non-hydrogen) atoms. The standard InChI is InChI=1S/C19H23NO5S/c21-19(25-15-17-10-5-2-6-11-17)18(14-16-8-3-1-4-9-16)20-12-7-13-26(22,23)24/h1-6,8-11,18,20H,7,12-15H2,(H,22,23,24)/t18-/m0/s1. The van der Waals surface area contributed by atoms with Gasteiger partial charge in [-0.25, -0.2) is 0 Å². The fourth-order valence-corrected chi connectivity index (χ4v) is 2.96. The van der Waals surface area contributed by atoms with Gasteiger partial charge in [-0.2, -0.15) is 8.42 Å². The Bertz CT molecular complexity index is 778. The normalized spacial score (nSPS) is 12.5. The Morgan fingerprint density at radius 1 is 1.00 bits per heavy atom. The van der Waals surface area contributed by atoms with Gasteiger partial charge in [-0.1, -0.05) is 60.7 Å². The predicted molar refractivity (Wildman–Crippen MR) is 99.2 cm³/mol. The number of ether oxygens (including phenoxy) is 1. The van der Waals surface area contributed by atoms with Gasteiger partial charge >= 0.3 is 5.97 Å². The summed E-state index contributed by atoms with van der Waals surface area (Å²) in [6.07, 6.45) is 0.635. The van der Waals surface area contributed by atoms with Gasteiger partial charge in [-0.3, -0.25) is 9.35 Å². The number of esters is 1. The molecule has 2 aromatic carbocycles. The number of hydrogen-bond donors (Lipinski definition) is 2. The molecule has 0 aromatic heterocycles. The van der Waals surface area contributed by atoms with Crippen LogP contribution in [0.4, 0.5) is 0 Å². The van der Waals surface area contributed by atoms with Crippen LogP contribution in [0.25, 0.3) is 0 Å². The fourth-order valence-electron chi connectivity index (χ4n) is 2.45. The molecule has 1 atom stereocenters. The van der Waals surface area contributed by atoms with Gasteiger partial charge in [-0.15, -0.1) is 0 Å². The first-order valence-corrected chi connectivity index (χ1v) is 9.98. The number of rotatable bonds is 10. The van der Waals surface area contributed by atoms with Crippen molar-refractivity contribution < 1.29 is 22.5 Å². The van der Waals surface area contributed by atoms with Crippen molar-refractivity contribution in [2.24, 2.45) is 0 Å². The molecule has 0 heterocycles. The van der Waals surface area contributed by atoms with Crippen molar-refractivity contribution in [3.63, 3.8) is 0 Å². The van der Waals surface area contributed by atoms with Crippen molar-refractivity contribution in [1.82, 2.24) is 5.32 Å². The second-order valence-electron chi connectivity index (χ2n) is 5.93. The lowest BCUT2D eigenvalue weighted by atomic mass is 10.1. The Hall–Kier alpha value is -2.22. The van der Waals surface area contributed by atoms with Gasteiger partial charge < -0.3 is 10.1 Å². The van der Waals surface area contributed by atoms with Crippen molar-refractivity contribution in [2.45, 2.75) is 25.5 Å². The second-order valence-corrected chi connectivity index (χ2v) is 7.50. The SMILES string of the molecule is O=C(OCc1ccccc1)[C@H](Cc1ccccc1)NCCCS(=O)(=O)O. The first-order valence-electron chi connectivity index (χ1n) is 8.37. The van der Waals surface area contributed by atoms with Crippen LogP contribution < -0.4 is 5.32 Å². The molecule has 140 valence electrons. The number of carbonyl (C=O) groups is 1. The van der Waals surface area contributed by atoms with Crippen molar-refractivity contribution >= 4 is 16.1 Å². The number of hydrogen-bond acceptors (Lipinski definition) is 5. The van der Waals surface area contributed by atoms with Gasteiger partial charge in [0.2, 0.25) is 0 Å². The van der Waals surface area contributed by atoms with E-state index < -0.39 is 22.1 Å². The van der Waals surface area contributed by atoms with Crippen LogP contribution in [0.1, 0.15) is 17.5 Å². The third kappa shape index (κ3) is 7.77. The van der Waals surface area contributed by atoms with E-state index in [1.807, 2.05) is 60.7 Å². The molecule has 7 heteroatoms. The highest BCUT2D eigenvalue weighted by Crippen LogP contribution is 2.07. The van der Waals surface area contributed by atoms with E-state index in [0.29, 0.717) is 6.42 Å². The largest absolute Gasteiger partial charge is 0.460 e. The van der Waals surface area contributed by atoms with Crippen LogP contribution in [0, 0.1) is 0 Å². The summed E-state index contributed by atoms with van der Waals surface area (Å²) < 4.78 is 35.8. The predicted octanol–water partition coefficient (Wildman–Crippen LogP) is 2.21. The molecule has 2 rings (SSSR count).